The highest BCUT2D eigenvalue weighted by Crippen LogP contribution is 2.26. The van der Waals surface area contributed by atoms with Crippen molar-refractivity contribution in [2.75, 3.05) is 23.6 Å². The molecule has 1 aromatic heterocycles. The van der Waals surface area contributed by atoms with E-state index in [1.807, 2.05) is 24.3 Å². The van der Waals surface area contributed by atoms with E-state index in [-0.39, 0.29) is 17.4 Å². The molecule has 3 rings (SSSR count). The second kappa shape index (κ2) is 8.37. The summed E-state index contributed by atoms with van der Waals surface area (Å²) in [5, 5.41) is 3.11. The number of amides is 1. The predicted octanol–water partition coefficient (Wildman–Crippen LogP) is 3.33. The molecule has 0 aliphatic heterocycles. The maximum absolute atomic E-state index is 12.2. The highest BCUT2D eigenvalue weighted by atomic mass is 79.9. The van der Waals surface area contributed by atoms with Crippen LogP contribution >= 0.6 is 15.9 Å². The van der Waals surface area contributed by atoms with Gasteiger partial charge in [0.05, 0.1) is 7.11 Å². The van der Waals surface area contributed by atoms with Gasteiger partial charge in [0.15, 0.2) is 11.6 Å². The number of carbonyl (C=O) groups excluding carboxylic acids is 1. The number of ether oxygens (including phenoxy) is 1. The number of anilines is 4. The second-order valence-electron chi connectivity index (χ2n) is 5.43. The van der Waals surface area contributed by atoms with Gasteiger partial charge >= 0.3 is 0 Å². The van der Waals surface area contributed by atoms with Gasteiger partial charge in [0.2, 0.25) is 0 Å². The second-order valence-corrected chi connectivity index (χ2v) is 6.34. The Morgan fingerprint density at radius 2 is 1.85 bits per heavy atom. The molecule has 0 radical (unpaired) electrons. The lowest BCUT2D eigenvalue weighted by Gasteiger charge is -2.13. The molecule has 0 atom stereocenters. The number of benzene rings is 2. The molecule has 138 valence electrons. The molecular formula is C18H17BrN6O2. The zero-order valence-corrected chi connectivity index (χ0v) is 15.9. The van der Waals surface area contributed by atoms with E-state index < -0.39 is 0 Å². The SMILES string of the molecule is COc1ccc(C(=O)NNc2ncnc(Nc3cccc(Br)c3)c2N)cc1. The van der Waals surface area contributed by atoms with E-state index in [1.54, 1.807) is 31.4 Å². The fourth-order valence-corrected chi connectivity index (χ4v) is 2.63. The highest BCUT2D eigenvalue weighted by molar-refractivity contribution is 9.10. The van der Waals surface area contributed by atoms with Crippen LogP contribution in [-0.4, -0.2) is 23.0 Å². The van der Waals surface area contributed by atoms with Crippen molar-refractivity contribution in [3.63, 3.8) is 0 Å². The Bertz CT molecular complexity index is 949. The molecule has 0 bridgehead atoms. The normalized spacial score (nSPS) is 10.1. The van der Waals surface area contributed by atoms with E-state index in [1.165, 1.54) is 6.33 Å². The van der Waals surface area contributed by atoms with Crippen molar-refractivity contribution >= 4 is 44.8 Å². The minimum atomic E-state index is -0.336. The molecular weight excluding hydrogens is 412 g/mol. The van der Waals surface area contributed by atoms with Crippen LogP contribution < -0.4 is 26.6 Å². The van der Waals surface area contributed by atoms with Crippen LogP contribution in [0.15, 0.2) is 59.3 Å². The lowest BCUT2D eigenvalue weighted by atomic mass is 10.2. The molecule has 0 saturated carbocycles. The summed E-state index contributed by atoms with van der Waals surface area (Å²) < 4.78 is 5.99. The average Bonchev–Trinajstić information content (AvgIpc) is 2.68. The number of nitrogens with two attached hydrogens (primary N) is 1. The van der Waals surface area contributed by atoms with Gasteiger partial charge in [-0.3, -0.25) is 15.6 Å². The Morgan fingerprint density at radius 1 is 1.11 bits per heavy atom. The minimum absolute atomic E-state index is 0.271. The summed E-state index contributed by atoms with van der Waals surface area (Å²) in [6, 6.07) is 14.3. The number of carbonyl (C=O) groups is 1. The van der Waals surface area contributed by atoms with Crippen LogP contribution in [0.25, 0.3) is 0 Å². The number of nitrogen functional groups attached to an aromatic ring is 1. The number of hydrazine groups is 1. The molecule has 5 N–H and O–H groups in total. The van der Waals surface area contributed by atoms with E-state index in [0.29, 0.717) is 17.1 Å². The summed E-state index contributed by atoms with van der Waals surface area (Å²) in [6.07, 6.45) is 1.35. The van der Waals surface area contributed by atoms with E-state index in [0.717, 1.165) is 10.2 Å². The van der Waals surface area contributed by atoms with Crippen LogP contribution in [0.1, 0.15) is 10.4 Å². The zero-order valence-electron chi connectivity index (χ0n) is 14.4. The van der Waals surface area contributed by atoms with Gasteiger partial charge in [-0.25, -0.2) is 9.97 Å². The number of nitrogens with one attached hydrogen (secondary N) is 3. The minimum Gasteiger partial charge on any atom is -0.497 e. The van der Waals surface area contributed by atoms with E-state index in [2.05, 4.69) is 42.1 Å². The maximum atomic E-state index is 12.2. The van der Waals surface area contributed by atoms with Crippen molar-refractivity contribution < 1.29 is 9.53 Å². The van der Waals surface area contributed by atoms with Gasteiger partial charge in [-0.1, -0.05) is 22.0 Å². The van der Waals surface area contributed by atoms with Crippen LogP contribution in [-0.2, 0) is 0 Å². The zero-order chi connectivity index (χ0) is 19.2. The van der Waals surface area contributed by atoms with Crippen molar-refractivity contribution in [2.45, 2.75) is 0 Å². The van der Waals surface area contributed by atoms with Gasteiger partial charge < -0.3 is 15.8 Å². The lowest BCUT2D eigenvalue weighted by Crippen LogP contribution is -2.30. The van der Waals surface area contributed by atoms with Crippen LogP contribution in [0, 0.1) is 0 Å². The Labute approximate surface area is 164 Å². The molecule has 1 heterocycles. The Balaban J connectivity index is 1.69. The molecule has 0 aliphatic carbocycles. The molecule has 0 fully saturated rings. The monoisotopic (exact) mass is 428 g/mol. The molecule has 1 amide bonds. The number of halogens is 1. The summed E-state index contributed by atoms with van der Waals surface area (Å²) in [6.45, 7) is 0. The number of methoxy groups -OCH3 is 1. The van der Waals surface area contributed by atoms with Gasteiger partial charge in [0, 0.05) is 15.7 Å². The first-order valence-electron chi connectivity index (χ1n) is 7.90. The van der Waals surface area contributed by atoms with Gasteiger partial charge in [-0.05, 0) is 42.5 Å². The third-order valence-electron chi connectivity index (χ3n) is 3.62. The standard InChI is InChI=1S/C18H17BrN6O2/c1-27-14-7-5-11(6-8-14)18(26)25-24-17-15(20)16(21-10-22-17)23-13-4-2-3-12(19)9-13/h2-10H,20H2,1H3,(H,25,26)(H2,21,22,23,24). The molecule has 27 heavy (non-hydrogen) atoms. The van der Waals surface area contributed by atoms with Gasteiger partial charge in [0.25, 0.3) is 5.91 Å². The van der Waals surface area contributed by atoms with E-state index >= 15 is 0 Å². The van der Waals surface area contributed by atoms with Crippen molar-refractivity contribution in [3.8, 4) is 5.75 Å². The lowest BCUT2D eigenvalue weighted by molar-refractivity contribution is 0.0962. The Hall–Kier alpha value is -3.33. The molecule has 2 aromatic carbocycles. The molecule has 0 unspecified atom stereocenters. The molecule has 0 aliphatic rings. The third kappa shape index (κ3) is 4.64. The molecule has 9 heteroatoms. The topological polar surface area (TPSA) is 114 Å². The van der Waals surface area contributed by atoms with Crippen molar-refractivity contribution in [2.24, 2.45) is 0 Å². The number of hydrogen-bond acceptors (Lipinski definition) is 7. The van der Waals surface area contributed by atoms with Crippen LogP contribution in [0.2, 0.25) is 0 Å². The van der Waals surface area contributed by atoms with Crippen molar-refractivity contribution in [1.82, 2.24) is 15.4 Å². The maximum Gasteiger partial charge on any atom is 0.269 e. The number of aromatic nitrogens is 2. The Morgan fingerprint density at radius 3 is 2.56 bits per heavy atom. The van der Waals surface area contributed by atoms with Gasteiger partial charge in [-0.15, -0.1) is 0 Å². The fourth-order valence-electron chi connectivity index (χ4n) is 2.23. The first kappa shape index (κ1) is 18.5. The van der Waals surface area contributed by atoms with E-state index in [9.17, 15) is 4.79 Å². The number of rotatable bonds is 6. The van der Waals surface area contributed by atoms with E-state index in [4.69, 9.17) is 10.5 Å². The highest BCUT2D eigenvalue weighted by Gasteiger charge is 2.11. The predicted molar refractivity (Wildman–Crippen MR) is 108 cm³/mol. The van der Waals surface area contributed by atoms with Crippen molar-refractivity contribution in [3.05, 3.63) is 64.9 Å². The summed E-state index contributed by atoms with van der Waals surface area (Å²) >= 11 is 3.41. The largest absolute Gasteiger partial charge is 0.497 e. The number of nitrogens with zero attached hydrogens (tertiary/aromatic N) is 2. The third-order valence-corrected chi connectivity index (χ3v) is 4.11. The van der Waals surface area contributed by atoms with Crippen LogP contribution in [0.4, 0.5) is 23.0 Å². The summed E-state index contributed by atoms with van der Waals surface area (Å²) in [7, 11) is 1.56. The number of hydrogen-bond donors (Lipinski definition) is 4. The van der Waals surface area contributed by atoms with Gasteiger partial charge in [0.1, 0.15) is 17.8 Å². The fraction of sp³-hybridized carbons (Fsp3) is 0.0556. The van der Waals surface area contributed by atoms with Gasteiger partial charge in [-0.2, -0.15) is 0 Å². The molecule has 0 spiro atoms. The molecule has 8 nitrogen and oxygen atoms in total. The summed E-state index contributed by atoms with van der Waals surface area (Å²) in [5.41, 5.74) is 12.9. The first-order valence-corrected chi connectivity index (χ1v) is 8.69. The summed E-state index contributed by atoms with van der Waals surface area (Å²) in [4.78, 5) is 20.4. The smallest absolute Gasteiger partial charge is 0.269 e. The quantitative estimate of drug-likeness (QED) is 0.445. The molecule has 3 aromatic rings. The van der Waals surface area contributed by atoms with Crippen LogP contribution in [0.3, 0.4) is 0 Å². The average molecular weight is 429 g/mol. The first-order chi connectivity index (χ1) is 13.1. The summed E-state index contributed by atoms with van der Waals surface area (Å²) in [5.74, 6) is 1.04. The molecule has 0 saturated heterocycles. The Kier molecular flexibility index (Phi) is 5.72. The van der Waals surface area contributed by atoms with Crippen molar-refractivity contribution in [1.29, 1.82) is 0 Å². The van der Waals surface area contributed by atoms with Crippen LogP contribution in [0.5, 0.6) is 5.75 Å².